The summed E-state index contributed by atoms with van der Waals surface area (Å²) in [6.45, 7) is 7.62. The van der Waals surface area contributed by atoms with Crippen LogP contribution in [-0.4, -0.2) is 64.3 Å². The Morgan fingerprint density at radius 1 is 1.07 bits per heavy atom. The number of nitriles is 1. The molecular formula is C32H36ClF3N6. The van der Waals surface area contributed by atoms with Crippen molar-refractivity contribution >= 4 is 28.2 Å². The van der Waals surface area contributed by atoms with E-state index in [1.54, 1.807) is 38.2 Å². The molecule has 2 aliphatic heterocycles. The quantitative estimate of drug-likeness (QED) is 0.312. The molecule has 0 aliphatic carbocycles. The Morgan fingerprint density at radius 3 is 2.45 bits per heavy atom. The monoisotopic (exact) mass is 596 g/mol. The van der Waals surface area contributed by atoms with E-state index < -0.39 is 18.1 Å². The van der Waals surface area contributed by atoms with Crippen molar-refractivity contribution in [2.75, 3.05) is 38.0 Å². The van der Waals surface area contributed by atoms with E-state index in [1.165, 1.54) is 30.5 Å². The van der Waals surface area contributed by atoms with Crippen molar-refractivity contribution in [3.63, 3.8) is 0 Å². The Kier molecular flexibility index (Phi) is 9.03. The Morgan fingerprint density at radius 2 is 1.81 bits per heavy atom. The second-order valence-corrected chi connectivity index (χ2v) is 12.2. The van der Waals surface area contributed by atoms with Crippen molar-refractivity contribution in [2.45, 2.75) is 70.3 Å². The van der Waals surface area contributed by atoms with Crippen LogP contribution in [0.1, 0.15) is 56.5 Å². The van der Waals surface area contributed by atoms with Crippen molar-refractivity contribution in [2.24, 2.45) is 0 Å². The minimum Gasteiger partial charge on any atom is -0.373 e. The minimum atomic E-state index is -4.43. The summed E-state index contributed by atoms with van der Waals surface area (Å²) in [5.74, 6) is 5.90. The van der Waals surface area contributed by atoms with Gasteiger partial charge in [-0.15, -0.1) is 0 Å². The summed E-state index contributed by atoms with van der Waals surface area (Å²) in [7, 11) is 0. The van der Waals surface area contributed by atoms with Crippen LogP contribution in [0.25, 0.3) is 10.9 Å². The van der Waals surface area contributed by atoms with Crippen molar-refractivity contribution in [3.05, 3.63) is 58.5 Å². The van der Waals surface area contributed by atoms with E-state index in [0.29, 0.717) is 34.9 Å². The second-order valence-electron chi connectivity index (χ2n) is 11.8. The second kappa shape index (κ2) is 12.6. The van der Waals surface area contributed by atoms with Gasteiger partial charge in [-0.25, -0.2) is 0 Å². The molecule has 0 radical (unpaired) electrons. The number of halogens is 4. The van der Waals surface area contributed by atoms with E-state index in [2.05, 4.69) is 38.0 Å². The lowest BCUT2D eigenvalue weighted by atomic mass is 9.91. The maximum Gasteiger partial charge on any atom is 0.406 e. The third kappa shape index (κ3) is 7.03. The summed E-state index contributed by atoms with van der Waals surface area (Å²) in [6.07, 6.45) is 1.99. The predicted molar refractivity (Wildman–Crippen MR) is 160 cm³/mol. The molecular weight excluding hydrogens is 561 g/mol. The van der Waals surface area contributed by atoms with Crippen LogP contribution in [0.4, 0.5) is 18.9 Å². The van der Waals surface area contributed by atoms with Crippen LogP contribution < -0.4 is 5.32 Å². The number of piperidine rings is 1. The summed E-state index contributed by atoms with van der Waals surface area (Å²) in [6, 6.07) is 11.8. The van der Waals surface area contributed by atoms with E-state index in [0.717, 1.165) is 31.5 Å². The van der Waals surface area contributed by atoms with Gasteiger partial charge in [-0.05, 0) is 101 Å². The number of hydrogen-bond donors (Lipinski definition) is 1. The lowest BCUT2D eigenvalue weighted by molar-refractivity contribution is -0.140. The summed E-state index contributed by atoms with van der Waals surface area (Å²) < 4.78 is 42.2. The molecule has 2 fully saturated rings. The molecule has 2 aliphatic rings. The molecule has 4 heterocycles. The average Bonchev–Trinajstić information content (AvgIpc) is 3.62. The van der Waals surface area contributed by atoms with E-state index in [9.17, 15) is 18.4 Å². The van der Waals surface area contributed by atoms with Crippen molar-refractivity contribution in [1.82, 2.24) is 19.4 Å². The van der Waals surface area contributed by atoms with Crippen molar-refractivity contribution in [3.8, 4) is 17.9 Å². The van der Waals surface area contributed by atoms with E-state index in [4.69, 9.17) is 11.6 Å². The molecule has 10 heteroatoms. The molecule has 5 rings (SSSR count). The number of aromatic nitrogens is 2. The largest absolute Gasteiger partial charge is 0.406 e. The molecule has 0 saturated carbocycles. The van der Waals surface area contributed by atoms with E-state index >= 15 is 0 Å². The van der Waals surface area contributed by atoms with Gasteiger partial charge in [0.1, 0.15) is 6.54 Å². The molecule has 222 valence electrons. The van der Waals surface area contributed by atoms with Crippen LogP contribution in [0.3, 0.4) is 0 Å². The molecule has 6 nitrogen and oxygen atoms in total. The smallest absolute Gasteiger partial charge is 0.373 e. The van der Waals surface area contributed by atoms with Crippen LogP contribution in [0, 0.1) is 23.2 Å². The van der Waals surface area contributed by atoms with Gasteiger partial charge in [-0.2, -0.15) is 18.4 Å². The highest BCUT2D eigenvalue weighted by Gasteiger charge is 2.31. The number of nitrogens with zero attached hydrogens (tertiary/aromatic N) is 5. The van der Waals surface area contributed by atoms with Crippen LogP contribution in [0.15, 0.2) is 36.5 Å². The molecule has 0 atom stereocenters. The van der Waals surface area contributed by atoms with Gasteiger partial charge in [-0.1, -0.05) is 23.6 Å². The topological polar surface area (TPSA) is 60.1 Å². The maximum atomic E-state index is 13.7. The predicted octanol–water partition coefficient (Wildman–Crippen LogP) is 6.58. The maximum absolute atomic E-state index is 13.7. The van der Waals surface area contributed by atoms with Gasteiger partial charge in [0.25, 0.3) is 0 Å². The van der Waals surface area contributed by atoms with Gasteiger partial charge in [0.05, 0.1) is 51.8 Å². The van der Waals surface area contributed by atoms with Crippen molar-refractivity contribution in [1.29, 1.82) is 5.26 Å². The Labute approximate surface area is 250 Å². The first-order valence-electron chi connectivity index (χ1n) is 14.5. The number of rotatable bonds is 7. The van der Waals surface area contributed by atoms with Gasteiger partial charge in [-0.3, -0.25) is 9.88 Å². The summed E-state index contributed by atoms with van der Waals surface area (Å²) in [5.41, 5.74) is 2.26. The molecule has 0 amide bonds. The van der Waals surface area contributed by atoms with E-state index in [1.807, 2.05) is 12.1 Å². The fourth-order valence-electron chi connectivity index (χ4n) is 5.98. The standard InChI is InChI=1S/C32H36ClF3N6/c1-31(2,21-37)29-10-8-24(19-39-29)38-13-5-6-26-18-27-23(7-9-28(33)30(27)42(26)22-32(34,35)36)20-40-16-11-25(12-17-40)41-14-3-4-15-41/h7-10,18-19,25,38H,3-4,11-17,20,22H2,1-2H3. The fraction of sp³-hybridized carbons (Fsp3) is 0.500. The summed E-state index contributed by atoms with van der Waals surface area (Å²) in [4.78, 5) is 9.35. The van der Waals surface area contributed by atoms with Crippen LogP contribution in [-0.2, 0) is 18.5 Å². The first kappa shape index (κ1) is 30.2. The molecule has 2 saturated heterocycles. The number of alkyl halides is 3. The highest BCUT2D eigenvalue weighted by molar-refractivity contribution is 6.35. The van der Waals surface area contributed by atoms with Gasteiger partial charge in [0, 0.05) is 18.0 Å². The molecule has 0 spiro atoms. The van der Waals surface area contributed by atoms with E-state index in [-0.39, 0.29) is 17.3 Å². The highest BCUT2D eigenvalue weighted by Crippen LogP contribution is 2.34. The number of pyridine rings is 1. The number of nitrogens with one attached hydrogen (secondary N) is 1. The number of likely N-dealkylation sites (tertiary alicyclic amines) is 2. The molecule has 1 aromatic carbocycles. The minimum absolute atomic E-state index is 0.211. The van der Waals surface area contributed by atoms with Crippen LogP contribution >= 0.6 is 11.6 Å². The van der Waals surface area contributed by atoms with Gasteiger partial charge < -0.3 is 14.8 Å². The third-order valence-corrected chi connectivity index (χ3v) is 8.63. The lowest BCUT2D eigenvalue weighted by Gasteiger charge is -2.36. The zero-order chi connectivity index (χ0) is 29.9. The normalized spacial score (nSPS) is 17.3. The lowest BCUT2D eigenvalue weighted by Crippen LogP contribution is -2.43. The Bertz CT molecular complexity index is 1500. The van der Waals surface area contributed by atoms with Gasteiger partial charge in [0.15, 0.2) is 0 Å². The van der Waals surface area contributed by atoms with Gasteiger partial charge >= 0.3 is 6.18 Å². The molecule has 0 unspecified atom stereocenters. The SMILES string of the molecule is CC(C)(C#N)c1ccc(NCC#Cc2cc3c(CN4CCC(N5CCCC5)CC4)ccc(Cl)c3n2CC(F)(F)F)cn1. The average molecular weight is 597 g/mol. The Balaban J connectivity index is 1.34. The van der Waals surface area contributed by atoms with Gasteiger partial charge in [0.2, 0.25) is 0 Å². The highest BCUT2D eigenvalue weighted by atomic mass is 35.5. The zero-order valence-corrected chi connectivity index (χ0v) is 24.8. The third-order valence-electron chi connectivity index (χ3n) is 8.33. The molecule has 1 N–H and O–H groups in total. The fourth-order valence-corrected chi connectivity index (χ4v) is 6.24. The van der Waals surface area contributed by atoms with Crippen molar-refractivity contribution < 1.29 is 13.2 Å². The molecule has 42 heavy (non-hydrogen) atoms. The van der Waals surface area contributed by atoms with Crippen LogP contribution in [0.2, 0.25) is 5.02 Å². The molecule has 0 bridgehead atoms. The number of anilines is 1. The zero-order valence-electron chi connectivity index (χ0n) is 24.1. The summed E-state index contributed by atoms with van der Waals surface area (Å²) in [5, 5.41) is 13.4. The number of benzene rings is 1. The summed E-state index contributed by atoms with van der Waals surface area (Å²) >= 11 is 6.51. The first-order chi connectivity index (χ1) is 20.0. The number of hydrogen-bond acceptors (Lipinski definition) is 5. The Hall–Kier alpha value is -3.24. The van der Waals surface area contributed by atoms with Crippen LogP contribution in [0.5, 0.6) is 0 Å². The molecule has 2 aromatic heterocycles. The number of fused-ring (bicyclic) bond motifs is 1. The first-order valence-corrected chi connectivity index (χ1v) is 14.9. The molecule has 3 aromatic rings.